The largest absolute Gasteiger partial charge is 0.481 e. The molecule has 0 aromatic heterocycles. The SMILES string of the molecule is C[C@H](CCC(=O)O)[C@H]1CC[C@H]2[C@@H]3[C@@H](OS(=O)(=O)O)C[C@@H]4C[C@H](OS(=O)(=O)O)CC[C@]4(C)[C@H]3CC[C@]12C.[Na]. The van der Waals surface area contributed by atoms with E-state index in [0.29, 0.717) is 38.0 Å². The third kappa shape index (κ3) is 6.59. The van der Waals surface area contributed by atoms with Gasteiger partial charge in [-0.05, 0) is 104 Å². The zero-order chi connectivity index (χ0) is 26.7. The van der Waals surface area contributed by atoms with Gasteiger partial charge in [0, 0.05) is 36.0 Å². The van der Waals surface area contributed by atoms with Crippen LogP contribution in [0.25, 0.3) is 0 Å². The first kappa shape index (κ1) is 31.7. The molecule has 0 amide bonds. The molecule has 209 valence electrons. The normalized spacial score (nSPS) is 42.6. The smallest absolute Gasteiger partial charge is 0.397 e. The van der Waals surface area contributed by atoms with Gasteiger partial charge in [-0.15, -0.1) is 0 Å². The summed E-state index contributed by atoms with van der Waals surface area (Å²) >= 11 is 0. The van der Waals surface area contributed by atoms with Crippen LogP contribution >= 0.6 is 0 Å². The van der Waals surface area contributed by atoms with Gasteiger partial charge in [-0.1, -0.05) is 20.8 Å². The van der Waals surface area contributed by atoms with E-state index in [0.717, 1.165) is 25.7 Å². The second-order valence-electron chi connectivity index (χ2n) is 12.3. The summed E-state index contributed by atoms with van der Waals surface area (Å²) in [5, 5.41) is 9.17. The molecule has 10 atom stereocenters. The topological polar surface area (TPSA) is 164 Å². The number of hydrogen-bond donors (Lipinski definition) is 3. The number of carbonyl (C=O) groups is 1. The Balaban J connectivity index is 0.00000380. The van der Waals surface area contributed by atoms with E-state index in [1.54, 1.807) is 0 Å². The predicted molar refractivity (Wildman–Crippen MR) is 135 cm³/mol. The molecule has 0 aromatic carbocycles. The van der Waals surface area contributed by atoms with Gasteiger partial charge >= 0.3 is 26.8 Å². The fourth-order valence-electron chi connectivity index (χ4n) is 9.20. The van der Waals surface area contributed by atoms with Crippen LogP contribution in [0.3, 0.4) is 0 Å². The molecule has 4 fully saturated rings. The van der Waals surface area contributed by atoms with E-state index in [9.17, 15) is 30.7 Å². The Bertz CT molecular complexity index is 1070. The first-order chi connectivity index (χ1) is 16.5. The summed E-state index contributed by atoms with van der Waals surface area (Å²) < 4.78 is 75.5. The predicted octanol–water partition coefficient (Wildman–Crippen LogP) is 3.75. The van der Waals surface area contributed by atoms with Crippen molar-refractivity contribution in [3.05, 3.63) is 0 Å². The second-order valence-corrected chi connectivity index (χ2v) is 14.4. The number of carboxylic acid groups (broad SMARTS) is 1. The molecule has 10 nitrogen and oxygen atoms in total. The summed E-state index contributed by atoms with van der Waals surface area (Å²) in [6, 6.07) is 0. The molecular weight excluding hydrogens is 535 g/mol. The first-order valence-corrected chi connectivity index (χ1v) is 15.8. The van der Waals surface area contributed by atoms with Gasteiger partial charge in [0.15, 0.2) is 0 Å². The summed E-state index contributed by atoms with van der Waals surface area (Å²) in [6.07, 6.45) is 4.89. The first-order valence-electron chi connectivity index (χ1n) is 13.1. The molecule has 0 saturated heterocycles. The Kier molecular flexibility index (Phi) is 9.64. The maximum atomic E-state index is 11.9. The molecule has 0 aliphatic heterocycles. The van der Waals surface area contributed by atoms with Crippen LogP contribution in [-0.4, -0.2) is 78.8 Å². The fraction of sp³-hybridized carbons (Fsp3) is 0.958. The van der Waals surface area contributed by atoms with E-state index in [2.05, 4.69) is 20.8 Å². The number of aliphatic carboxylic acids is 1. The van der Waals surface area contributed by atoms with Crippen LogP contribution in [0, 0.1) is 46.3 Å². The number of carboxylic acids is 1. The quantitative estimate of drug-likeness (QED) is 0.287. The molecule has 0 unspecified atom stereocenters. The van der Waals surface area contributed by atoms with Gasteiger partial charge in [0.25, 0.3) is 0 Å². The number of rotatable bonds is 8. The van der Waals surface area contributed by atoms with E-state index in [1.165, 1.54) is 0 Å². The molecule has 13 heteroatoms. The van der Waals surface area contributed by atoms with Gasteiger partial charge in [0.05, 0.1) is 12.2 Å². The Morgan fingerprint density at radius 1 is 0.919 bits per heavy atom. The summed E-state index contributed by atoms with van der Waals surface area (Å²) in [6.45, 7) is 6.58. The van der Waals surface area contributed by atoms with E-state index in [1.807, 2.05) is 0 Å². The Morgan fingerprint density at radius 2 is 1.51 bits per heavy atom. The van der Waals surface area contributed by atoms with Crippen molar-refractivity contribution in [1.29, 1.82) is 0 Å². The van der Waals surface area contributed by atoms with Crippen LogP contribution < -0.4 is 0 Å². The minimum atomic E-state index is -4.70. The third-order valence-corrected chi connectivity index (χ3v) is 11.7. The third-order valence-electron chi connectivity index (χ3n) is 10.7. The van der Waals surface area contributed by atoms with E-state index < -0.39 is 39.0 Å². The Hall–Kier alpha value is 0.210. The van der Waals surface area contributed by atoms with Gasteiger partial charge < -0.3 is 5.11 Å². The van der Waals surface area contributed by atoms with Crippen LogP contribution in [-0.2, 0) is 34.0 Å². The van der Waals surface area contributed by atoms with Crippen molar-refractivity contribution in [3.63, 3.8) is 0 Å². The average molecular weight is 576 g/mol. The van der Waals surface area contributed by atoms with Crippen LogP contribution in [0.5, 0.6) is 0 Å². The molecule has 0 bridgehead atoms. The standard InChI is InChI=1S/C24H40O10S2.Na/c1-14(4-7-21(25)26)17-5-6-18-22-19(9-11-24(17,18)3)23(2)10-8-16(33-35(27,28)29)12-15(23)13-20(22)34-36(30,31)32;/h14-20,22H,4-13H2,1-3H3,(H,25,26)(H,27,28,29)(H,30,31,32);/t14-,15+,16-,17-,18+,19+,20+,22+,23+,24-;/m1./s1. The van der Waals surface area contributed by atoms with Gasteiger partial charge in [-0.2, -0.15) is 16.8 Å². The number of hydrogen-bond acceptors (Lipinski definition) is 7. The van der Waals surface area contributed by atoms with Crippen molar-refractivity contribution in [2.24, 2.45) is 46.3 Å². The maximum absolute atomic E-state index is 11.9. The van der Waals surface area contributed by atoms with Crippen molar-refractivity contribution in [2.45, 2.75) is 97.2 Å². The zero-order valence-electron chi connectivity index (χ0n) is 22.2. The molecule has 4 saturated carbocycles. The fourth-order valence-corrected chi connectivity index (χ4v) is 10.2. The van der Waals surface area contributed by atoms with Crippen molar-refractivity contribution < 1.29 is 44.2 Å². The molecule has 0 spiro atoms. The Labute approximate surface area is 242 Å². The minimum Gasteiger partial charge on any atom is -0.481 e. The van der Waals surface area contributed by atoms with E-state index >= 15 is 0 Å². The van der Waals surface area contributed by atoms with E-state index in [4.69, 9.17) is 13.5 Å². The second kappa shape index (κ2) is 11.2. The molecule has 0 aromatic rings. The number of fused-ring (bicyclic) bond motifs is 5. The van der Waals surface area contributed by atoms with Crippen molar-refractivity contribution in [1.82, 2.24) is 0 Å². The molecule has 1 radical (unpaired) electrons. The maximum Gasteiger partial charge on any atom is 0.397 e. The van der Waals surface area contributed by atoms with Gasteiger partial charge in [0.1, 0.15) is 0 Å². The van der Waals surface area contributed by atoms with Gasteiger partial charge in [-0.25, -0.2) is 8.37 Å². The molecule has 4 aliphatic carbocycles. The molecular formula is C24H40NaO10S2. The van der Waals surface area contributed by atoms with Crippen LogP contribution in [0.15, 0.2) is 0 Å². The average Bonchev–Trinajstić information content (AvgIpc) is 3.08. The molecule has 37 heavy (non-hydrogen) atoms. The van der Waals surface area contributed by atoms with Crippen LogP contribution in [0.1, 0.15) is 85.0 Å². The summed E-state index contributed by atoms with van der Waals surface area (Å²) in [7, 11) is -9.30. The summed E-state index contributed by atoms with van der Waals surface area (Å²) in [5.74, 6) is -0.0748. The van der Waals surface area contributed by atoms with Gasteiger partial charge in [0.2, 0.25) is 0 Å². The molecule has 0 heterocycles. The monoisotopic (exact) mass is 575 g/mol. The molecule has 4 aliphatic rings. The molecule has 3 N–H and O–H groups in total. The Morgan fingerprint density at radius 3 is 2.11 bits per heavy atom. The summed E-state index contributed by atoms with van der Waals surface area (Å²) in [4.78, 5) is 11.2. The van der Waals surface area contributed by atoms with Gasteiger partial charge in [-0.3, -0.25) is 13.9 Å². The van der Waals surface area contributed by atoms with E-state index in [-0.39, 0.29) is 76.4 Å². The molecule has 4 rings (SSSR count). The zero-order valence-corrected chi connectivity index (χ0v) is 25.8. The van der Waals surface area contributed by atoms with Crippen molar-refractivity contribution in [2.75, 3.05) is 0 Å². The van der Waals surface area contributed by atoms with Crippen LogP contribution in [0.4, 0.5) is 0 Å². The van der Waals surface area contributed by atoms with Crippen LogP contribution in [0.2, 0.25) is 0 Å². The summed E-state index contributed by atoms with van der Waals surface area (Å²) in [5.41, 5.74) is -0.244. The minimum absolute atomic E-state index is 0. The van der Waals surface area contributed by atoms with Crippen molar-refractivity contribution in [3.8, 4) is 0 Å². The van der Waals surface area contributed by atoms with Crippen molar-refractivity contribution >= 4 is 56.3 Å².